The van der Waals surface area contributed by atoms with Crippen molar-refractivity contribution in [2.45, 2.75) is 19.9 Å². The van der Waals surface area contributed by atoms with Crippen LogP contribution in [-0.2, 0) is 0 Å². The molecule has 0 atom stereocenters. The predicted molar refractivity (Wildman–Crippen MR) is 62.3 cm³/mol. The highest BCUT2D eigenvalue weighted by atomic mass is 15.3. The minimum absolute atomic E-state index is 0.488. The third-order valence-corrected chi connectivity index (χ3v) is 2.99. The summed E-state index contributed by atoms with van der Waals surface area (Å²) in [6.45, 7) is 8.82. The van der Waals surface area contributed by atoms with Crippen molar-refractivity contribution in [1.29, 1.82) is 0 Å². The zero-order valence-corrected chi connectivity index (χ0v) is 9.85. The highest BCUT2D eigenvalue weighted by Crippen LogP contribution is 2.18. The fourth-order valence-electron chi connectivity index (χ4n) is 1.96. The molecule has 4 nitrogen and oxygen atoms in total. The van der Waals surface area contributed by atoms with Crippen LogP contribution in [0, 0.1) is 0 Å². The van der Waals surface area contributed by atoms with Crippen molar-refractivity contribution in [3.8, 4) is 0 Å². The molecule has 1 aliphatic heterocycles. The van der Waals surface area contributed by atoms with Crippen LogP contribution in [0.15, 0.2) is 12.4 Å². The van der Waals surface area contributed by atoms with Gasteiger partial charge in [0.25, 0.3) is 0 Å². The third-order valence-electron chi connectivity index (χ3n) is 2.99. The van der Waals surface area contributed by atoms with E-state index in [1.54, 1.807) is 0 Å². The van der Waals surface area contributed by atoms with E-state index in [1.807, 2.05) is 6.20 Å². The summed E-state index contributed by atoms with van der Waals surface area (Å²) in [5, 5.41) is 0. The number of nitrogens with zero attached hydrogens (tertiary/aromatic N) is 4. The highest BCUT2D eigenvalue weighted by molar-refractivity contribution is 5.32. The van der Waals surface area contributed by atoms with Crippen molar-refractivity contribution in [1.82, 2.24) is 14.5 Å². The summed E-state index contributed by atoms with van der Waals surface area (Å²) in [7, 11) is 2.17. The van der Waals surface area contributed by atoms with Gasteiger partial charge >= 0.3 is 0 Å². The summed E-state index contributed by atoms with van der Waals surface area (Å²) in [6, 6.07) is 0.488. The summed E-state index contributed by atoms with van der Waals surface area (Å²) in [4.78, 5) is 9.19. The Bertz CT molecular complexity index is 310. The van der Waals surface area contributed by atoms with Crippen molar-refractivity contribution in [3.63, 3.8) is 0 Å². The lowest BCUT2D eigenvalue weighted by Crippen LogP contribution is -2.45. The number of rotatable bonds is 2. The number of likely N-dealkylation sites (N-methyl/N-ethyl adjacent to an activating group) is 1. The van der Waals surface area contributed by atoms with Crippen molar-refractivity contribution in [2.75, 3.05) is 38.1 Å². The molecule has 0 unspecified atom stereocenters. The van der Waals surface area contributed by atoms with Crippen LogP contribution in [0.3, 0.4) is 0 Å². The van der Waals surface area contributed by atoms with E-state index in [0.717, 1.165) is 32.1 Å². The Balaban J connectivity index is 2.12. The minimum atomic E-state index is 0.488. The van der Waals surface area contributed by atoms with Crippen LogP contribution >= 0.6 is 0 Å². The topological polar surface area (TPSA) is 24.3 Å². The second-order valence-electron chi connectivity index (χ2n) is 4.52. The summed E-state index contributed by atoms with van der Waals surface area (Å²) in [6.07, 6.45) is 3.96. The average molecular weight is 208 g/mol. The van der Waals surface area contributed by atoms with E-state index in [1.165, 1.54) is 0 Å². The van der Waals surface area contributed by atoms with E-state index in [-0.39, 0.29) is 0 Å². The molecule has 1 fully saturated rings. The number of hydrogen-bond acceptors (Lipinski definition) is 3. The molecule has 0 aliphatic carbocycles. The summed E-state index contributed by atoms with van der Waals surface area (Å²) >= 11 is 0. The van der Waals surface area contributed by atoms with E-state index in [2.05, 4.69) is 46.4 Å². The first-order valence-corrected chi connectivity index (χ1v) is 5.65. The van der Waals surface area contributed by atoms with Crippen LogP contribution < -0.4 is 4.90 Å². The summed E-state index contributed by atoms with van der Waals surface area (Å²) in [5.74, 6) is 1.12. The molecule has 0 radical (unpaired) electrons. The second-order valence-corrected chi connectivity index (χ2v) is 4.52. The molecule has 4 heteroatoms. The Morgan fingerprint density at radius 3 is 2.47 bits per heavy atom. The molecule has 2 rings (SSSR count). The first-order chi connectivity index (χ1) is 7.18. The molecule has 1 aromatic heterocycles. The molecule has 0 saturated carbocycles. The van der Waals surface area contributed by atoms with E-state index in [0.29, 0.717) is 6.04 Å². The zero-order valence-electron chi connectivity index (χ0n) is 9.85. The molecule has 0 aromatic carbocycles. The lowest BCUT2D eigenvalue weighted by molar-refractivity contribution is 0.309. The van der Waals surface area contributed by atoms with Gasteiger partial charge in [0.1, 0.15) is 0 Å². The SMILES string of the molecule is CC(C)n1ccnc1N1CCN(C)CC1. The van der Waals surface area contributed by atoms with E-state index >= 15 is 0 Å². The van der Waals surface area contributed by atoms with Crippen LogP contribution in [0.1, 0.15) is 19.9 Å². The number of hydrogen-bond donors (Lipinski definition) is 0. The maximum atomic E-state index is 4.46. The van der Waals surface area contributed by atoms with Crippen LogP contribution in [0.25, 0.3) is 0 Å². The van der Waals surface area contributed by atoms with Gasteiger partial charge in [-0.15, -0.1) is 0 Å². The van der Waals surface area contributed by atoms with E-state index < -0.39 is 0 Å². The quantitative estimate of drug-likeness (QED) is 0.730. The first-order valence-electron chi connectivity index (χ1n) is 5.65. The molecule has 0 amide bonds. The van der Waals surface area contributed by atoms with Gasteiger partial charge in [0, 0.05) is 44.6 Å². The van der Waals surface area contributed by atoms with Crippen molar-refractivity contribution in [2.24, 2.45) is 0 Å². The number of anilines is 1. The lowest BCUT2D eigenvalue weighted by atomic mass is 10.3. The molecule has 1 aliphatic rings. The monoisotopic (exact) mass is 208 g/mol. The van der Waals surface area contributed by atoms with Gasteiger partial charge in [-0.1, -0.05) is 0 Å². The predicted octanol–water partition coefficient (Wildman–Crippen LogP) is 1.22. The number of piperazine rings is 1. The first kappa shape index (κ1) is 10.5. The Morgan fingerprint density at radius 1 is 1.20 bits per heavy atom. The maximum Gasteiger partial charge on any atom is 0.205 e. The molecule has 1 aromatic rings. The number of aromatic nitrogens is 2. The number of imidazole rings is 1. The molecule has 2 heterocycles. The third kappa shape index (κ3) is 2.15. The smallest absolute Gasteiger partial charge is 0.205 e. The fraction of sp³-hybridized carbons (Fsp3) is 0.727. The summed E-state index contributed by atoms with van der Waals surface area (Å²) in [5.41, 5.74) is 0. The Morgan fingerprint density at radius 2 is 1.87 bits per heavy atom. The molecular weight excluding hydrogens is 188 g/mol. The van der Waals surface area contributed by atoms with Crippen molar-refractivity contribution in [3.05, 3.63) is 12.4 Å². The van der Waals surface area contributed by atoms with Crippen molar-refractivity contribution >= 4 is 5.95 Å². The van der Waals surface area contributed by atoms with Gasteiger partial charge in [0.15, 0.2) is 0 Å². The van der Waals surface area contributed by atoms with Crippen LogP contribution in [-0.4, -0.2) is 47.7 Å². The van der Waals surface area contributed by atoms with Crippen LogP contribution in [0.2, 0.25) is 0 Å². The van der Waals surface area contributed by atoms with Crippen molar-refractivity contribution < 1.29 is 0 Å². The van der Waals surface area contributed by atoms with Gasteiger partial charge in [0.05, 0.1) is 0 Å². The van der Waals surface area contributed by atoms with Crippen LogP contribution in [0.4, 0.5) is 5.95 Å². The van der Waals surface area contributed by atoms with Gasteiger partial charge in [-0.2, -0.15) is 0 Å². The van der Waals surface area contributed by atoms with E-state index in [9.17, 15) is 0 Å². The average Bonchev–Trinajstić information content (AvgIpc) is 2.67. The van der Waals surface area contributed by atoms with Gasteiger partial charge in [-0.05, 0) is 20.9 Å². The van der Waals surface area contributed by atoms with Gasteiger partial charge in [-0.3, -0.25) is 0 Å². The van der Waals surface area contributed by atoms with Gasteiger partial charge in [0.2, 0.25) is 5.95 Å². The molecule has 84 valence electrons. The van der Waals surface area contributed by atoms with Crippen LogP contribution in [0.5, 0.6) is 0 Å². The molecule has 0 spiro atoms. The lowest BCUT2D eigenvalue weighted by Gasteiger charge is -2.33. The fourth-order valence-corrected chi connectivity index (χ4v) is 1.96. The Labute approximate surface area is 91.5 Å². The van der Waals surface area contributed by atoms with Gasteiger partial charge < -0.3 is 14.4 Å². The maximum absolute atomic E-state index is 4.46. The molecule has 15 heavy (non-hydrogen) atoms. The Kier molecular flexibility index (Phi) is 2.95. The normalized spacial score (nSPS) is 18.8. The zero-order chi connectivity index (χ0) is 10.8. The summed E-state index contributed by atoms with van der Waals surface area (Å²) < 4.78 is 2.24. The van der Waals surface area contributed by atoms with Gasteiger partial charge in [-0.25, -0.2) is 4.98 Å². The largest absolute Gasteiger partial charge is 0.340 e. The van der Waals surface area contributed by atoms with E-state index in [4.69, 9.17) is 0 Å². The Hall–Kier alpha value is -1.03. The molecular formula is C11H20N4. The standard InChI is InChI=1S/C11H20N4/c1-10(2)15-5-4-12-11(15)14-8-6-13(3)7-9-14/h4-5,10H,6-9H2,1-3H3. The molecule has 0 bridgehead atoms. The minimum Gasteiger partial charge on any atom is -0.340 e. The molecule has 1 saturated heterocycles. The second kappa shape index (κ2) is 4.23. The molecule has 0 N–H and O–H groups in total. The highest BCUT2D eigenvalue weighted by Gasteiger charge is 2.18.